The molecule has 0 aliphatic carbocycles. The van der Waals surface area contributed by atoms with Gasteiger partial charge in [0.05, 0.1) is 21.9 Å². The van der Waals surface area contributed by atoms with Crippen molar-refractivity contribution in [3.8, 4) is 11.4 Å². The molecule has 0 spiro atoms. The second-order valence-electron chi connectivity index (χ2n) is 5.43. The molecule has 0 atom stereocenters. The highest BCUT2D eigenvalue weighted by molar-refractivity contribution is 6.35. The van der Waals surface area contributed by atoms with Crippen LogP contribution in [-0.4, -0.2) is 14.9 Å². The van der Waals surface area contributed by atoms with Crippen molar-refractivity contribution >= 4 is 44.9 Å². The predicted octanol–water partition coefficient (Wildman–Crippen LogP) is 5.50. The van der Waals surface area contributed by atoms with Crippen molar-refractivity contribution in [2.24, 2.45) is 0 Å². The molecule has 1 aromatic heterocycles. The molecule has 0 aliphatic rings. The Bertz CT molecular complexity index is 1070. The molecule has 3 aromatic carbocycles. The van der Waals surface area contributed by atoms with Crippen LogP contribution in [0.25, 0.3) is 27.4 Å². The van der Waals surface area contributed by atoms with Crippen LogP contribution in [0, 0.1) is 6.92 Å². The van der Waals surface area contributed by atoms with E-state index in [9.17, 15) is 5.11 Å². The maximum absolute atomic E-state index is 10.3. The van der Waals surface area contributed by atoms with Gasteiger partial charge in [-0.15, -0.1) is 0 Å². The van der Waals surface area contributed by atoms with E-state index >= 15 is 0 Å². The normalized spacial score (nSPS) is 11.4. The first-order valence-corrected chi connectivity index (χ1v) is 7.87. The van der Waals surface area contributed by atoms with E-state index in [0.29, 0.717) is 10.0 Å². The molecule has 0 bridgehead atoms. The lowest BCUT2D eigenvalue weighted by molar-refractivity contribution is 0.482. The summed E-state index contributed by atoms with van der Waals surface area (Å²) in [6, 6.07) is 14.8. The summed E-state index contributed by atoms with van der Waals surface area (Å²) >= 11 is 12.4. The third-order valence-corrected chi connectivity index (χ3v) is 4.52. The molecular weight excluding hydrogens is 331 g/mol. The smallest absolute Gasteiger partial charge is 0.124 e. The van der Waals surface area contributed by atoms with Gasteiger partial charge in [0.2, 0.25) is 0 Å². The van der Waals surface area contributed by atoms with E-state index < -0.39 is 0 Å². The quantitative estimate of drug-likeness (QED) is 0.496. The molecule has 0 fully saturated rings. The molecule has 1 N–H and O–H groups in total. The zero-order chi connectivity index (χ0) is 16.1. The van der Waals surface area contributed by atoms with E-state index in [1.165, 1.54) is 0 Å². The topological polar surface area (TPSA) is 38.0 Å². The van der Waals surface area contributed by atoms with Gasteiger partial charge in [0.15, 0.2) is 0 Å². The molecule has 1 heterocycles. The lowest BCUT2D eigenvalue weighted by Gasteiger charge is -2.09. The number of halogens is 2. The second kappa shape index (κ2) is 5.15. The number of hydrogen-bond acceptors (Lipinski definition) is 2. The molecule has 4 rings (SSSR count). The first kappa shape index (κ1) is 14.4. The first-order valence-electron chi connectivity index (χ1n) is 7.12. The second-order valence-corrected chi connectivity index (χ2v) is 6.27. The minimum absolute atomic E-state index is 0.248. The van der Waals surface area contributed by atoms with Crippen molar-refractivity contribution in [1.29, 1.82) is 0 Å². The maximum atomic E-state index is 10.3. The molecule has 0 radical (unpaired) electrons. The Labute approximate surface area is 142 Å². The van der Waals surface area contributed by atoms with Crippen LogP contribution in [0.15, 0.2) is 48.5 Å². The summed E-state index contributed by atoms with van der Waals surface area (Å²) in [6.45, 7) is 1.91. The fourth-order valence-corrected chi connectivity index (χ4v) is 3.41. The molecule has 23 heavy (non-hydrogen) atoms. The molecule has 0 saturated carbocycles. The van der Waals surface area contributed by atoms with Crippen LogP contribution in [0.2, 0.25) is 10.0 Å². The molecule has 0 saturated heterocycles. The van der Waals surface area contributed by atoms with E-state index in [1.54, 1.807) is 18.2 Å². The van der Waals surface area contributed by atoms with E-state index in [1.807, 2.05) is 41.9 Å². The molecule has 3 nitrogen and oxygen atoms in total. The summed E-state index contributed by atoms with van der Waals surface area (Å²) in [4.78, 5) is 0. The Morgan fingerprint density at radius 3 is 2.43 bits per heavy atom. The Morgan fingerprint density at radius 1 is 0.957 bits per heavy atom. The van der Waals surface area contributed by atoms with Crippen LogP contribution in [0.5, 0.6) is 5.75 Å². The largest absolute Gasteiger partial charge is 0.507 e. The summed E-state index contributed by atoms with van der Waals surface area (Å²) < 4.78 is 1.81. The molecular formula is C18H12Cl2N2O. The average Bonchev–Trinajstić information content (AvgIpc) is 2.85. The zero-order valence-electron chi connectivity index (χ0n) is 12.2. The van der Waals surface area contributed by atoms with Gasteiger partial charge in [0, 0.05) is 21.2 Å². The van der Waals surface area contributed by atoms with Gasteiger partial charge in [0.25, 0.3) is 0 Å². The Morgan fingerprint density at radius 2 is 1.70 bits per heavy atom. The van der Waals surface area contributed by atoms with Crippen LogP contribution in [0.4, 0.5) is 0 Å². The van der Waals surface area contributed by atoms with Gasteiger partial charge in [-0.1, -0.05) is 47.5 Å². The summed E-state index contributed by atoms with van der Waals surface area (Å²) in [5.41, 5.74) is 2.50. The Balaban J connectivity index is 2.18. The molecule has 5 heteroatoms. The van der Waals surface area contributed by atoms with Gasteiger partial charge in [-0.05, 0) is 31.2 Å². The first-order chi connectivity index (χ1) is 11.1. The van der Waals surface area contributed by atoms with Crippen LogP contribution >= 0.6 is 23.2 Å². The fourth-order valence-electron chi connectivity index (χ4n) is 2.93. The van der Waals surface area contributed by atoms with Crippen LogP contribution < -0.4 is 0 Å². The molecule has 0 unspecified atom stereocenters. The van der Waals surface area contributed by atoms with E-state index in [0.717, 1.165) is 33.1 Å². The van der Waals surface area contributed by atoms with Gasteiger partial charge < -0.3 is 5.11 Å². The van der Waals surface area contributed by atoms with Crippen molar-refractivity contribution in [3.05, 3.63) is 64.3 Å². The number of benzene rings is 3. The third-order valence-electron chi connectivity index (χ3n) is 3.98. The number of nitrogens with zero attached hydrogens (tertiary/aromatic N) is 2. The van der Waals surface area contributed by atoms with Crippen LogP contribution in [-0.2, 0) is 0 Å². The van der Waals surface area contributed by atoms with Gasteiger partial charge >= 0.3 is 0 Å². The number of aryl methyl sites for hydroxylation is 1. The summed E-state index contributed by atoms with van der Waals surface area (Å²) in [7, 11) is 0. The number of aromatic hydroxyl groups is 1. The molecule has 114 valence electrons. The van der Waals surface area contributed by atoms with Gasteiger partial charge in [-0.3, -0.25) is 0 Å². The predicted molar refractivity (Wildman–Crippen MR) is 95.0 cm³/mol. The minimum atomic E-state index is 0.248. The van der Waals surface area contributed by atoms with Gasteiger partial charge in [0.1, 0.15) is 5.75 Å². The van der Waals surface area contributed by atoms with E-state index in [2.05, 4.69) is 5.10 Å². The summed E-state index contributed by atoms with van der Waals surface area (Å²) in [6.07, 6.45) is 0. The Kier molecular flexibility index (Phi) is 3.22. The van der Waals surface area contributed by atoms with E-state index in [-0.39, 0.29) is 5.75 Å². The number of phenolic OH excluding ortho intramolecular Hbond substituents is 1. The number of aromatic nitrogens is 2. The van der Waals surface area contributed by atoms with Crippen molar-refractivity contribution in [2.45, 2.75) is 6.92 Å². The highest BCUT2D eigenvalue weighted by atomic mass is 35.5. The number of fused-ring (bicyclic) bond motifs is 3. The molecule has 0 amide bonds. The van der Waals surface area contributed by atoms with Crippen molar-refractivity contribution in [3.63, 3.8) is 0 Å². The summed E-state index contributed by atoms with van der Waals surface area (Å²) in [5.74, 6) is 0.248. The number of rotatable bonds is 1. The maximum Gasteiger partial charge on any atom is 0.124 e. The van der Waals surface area contributed by atoms with Crippen molar-refractivity contribution < 1.29 is 5.11 Å². The van der Waals surface area contributed by atoms with Crippen molar-refractivity contribution in [1.82, 2.24) is 9.78 Å². The Hall–Kier alpha value is -2.23. The lowest BCUT2D eigenvalue weighted by atomic mass is 10.1. The number of hydrogen-bond donors (Lipinski definition) is 1. The summed E-state index contributed by atoms with van der Waals surface area (Å²) in [5, 5.41) is 18.6. The standard InChI is InChI=1S/C18H12Cl2N2O/c1-10-14-9-17(23)12-4-2-3-5-13(12)18(14)22(21-10)16-7-6-11(19)8-15(16)20/h2-9,23H,1H3. The highest BCUT2D eigenvalue weighted by Crippen LogP contribution is 2.36. The van der Waals surface area contributed by atoms with Gasteiger partial charge in [-0.2, -0.15) is 5.10 Å². The fraction of sp³-hybridized carbons (Fsp3) is 0.0556. The minimum Gasteiger partial charge on any atom is -0.507 e. The highest BCUT2D eigenvalue weighted by Gasteiger charge is 2.16. The van der Waals surface area contributed by atoms with Crippen LogP contribution in [0.3, 0.4) is 0 Å². The zero-order valence-corrected chi connectivity index (χ0v) is 13.7. The SMILES string of the molecule is Cc1nn(-c2ccc(Cl)cc2Cl)c2c1cc(O)c1ccccc12. The van der Waals surface area contributed by atoms with Gasteiger partial charge in [-0.25, -0.2) is 4.68 Å². The monoisotopic (exact) mass is 342 g/mol. The number of phenols is 1. The molecule has 0 aliphatic heterocycles. The van der Waals surface area contributed by atoms with Crippen LogP contribution in [0.1, 0.15) is 5.69 Å². The molecule has 4 aromatic rings. The lowest BCUT2D eigenvalue weighted by Crippen LogP contribution is -1.98. The van der Waals surface area contributed by atoms with Crippen molar-refractivity contribution in [2.75, 3.05) is 0 Å². The average molecular weight is 343 g/mol. The third kappa shape index (κ3) is 2.16. The van der Waals surface area contributed by atoms with E-state index in [4.69, 9.17) is 23.2 Å².